The minimum Gasteiger partial charge on any atom is -0.454 e. The first-order chi connectivity index (χ1) is 15.6. The van der Waals surface area contributed by atoms with Gasteiger partial charge in [-0.3, -0.25) is 9.78 Å². The van der Waals surface area contributed by atoms with Gasteiger partial charge in [-0.1, -0.05) is 17.8 Å². The molecule has 8 nitrogen and oxygen atoms in total. The highest BCUT2D eigenvalue weighted by atomic mass is 32.2. The number of benzene rings is 1. The van der Waals surface area contributed by atoms with Crippen LogP contribution in [0, 0.1) is 13.8 Å². The van der Waals surface area contributed by atoms with Gasteiger partial charge < -0.3 is 18.5 Å². The summed E-state index contributed by atoms with van der Waals surface area (Å²) >= 11 is 1.23. The number of aryl methyl sites for hydroxylation is 1. The molecule has 0 atom stereocenters. The van der Waals surface area contributed by atoms with Crippen molar-refractivity contribution in [2.45, 2.75) is 25.6 Å². The molecular formula is C23H20N4O4S. The molecule has 0 saturated carbocycles. The SMILES string of the molecule is Cc1cc(C(=O)CSc2nnc(-c3cccnc3)o2)c(C)n1Cc1ccc2c(c1)OCO2. The molecule has 1 aliphatic rings. The first-order valence-corrected chi connectivity index (χ1v) is 11.0. The lowest BCUT2D eigenvalue weighted by Crippen LogP contribution is -2.07. The maximum Gasteiger partial charge on any atom is 0.277 e. The molecule has 32 heavy (non-hydrogen) atoms. The van der Waals surface area contributed by atoms with Crippen LogP contribution in [0.4, 0.5) is 0 Å². The number of fused-ring (bicyclic) bond motifs is 1. The molecular weight excluding hydrogens is 428 g/mol. The number of hydrogen-bond donors (Lipinski definition) is 0. The van der Waals surface area contributed by atoms with Crippen LogP contribution in [0.15, 0.2) is 58.4 Å². The van der Waals surface area contributed by atoms with Gasteiger partial charge in [0.1, 0.15) is 0 Å². The van der Waals surface area contributed by atoms with E-state index in [0.29, 0.717) is 23.2 Å². The van der Waals surface area contributed by atoms with E-state index in [-0.39, 0.29) is 18.3 Å². The lowest BCUT2D eigenvalue weighted by Gasteiger charge is -2.10. The van der Waals surface area contributed by atoms with Gasteiger partial charge in [-0.2, -0.15) is 0 Å². The predicted molar refractivity (Wildman–Crippen MR) is 118 cm³/mol. The van der Waals surface area contributed by atoms with Crippen molar-refractivity contribution in [2.24, 2.45) is 0 Å². The molecule has 0 N–H and O–H groups in total. The molecule has 4 aromatic rings. The van der Waals surface area contributed by atoms with Gasteiger partial charge in [0, 0.05) is 35.9 Å². The number of rotatable bonds is 7. The van der Waals surface area contributed by atoms with Crippen molar-refractivity contribution < 1.29 is 18.7 Å². The number of ether oxygens (including phenoxy) is 2. The van der Waals surface area contributed by atoms with E-state index >= 15 is 0 Å². The molecule has 0 saturated heterocycles. The maximum atomic E-state index is 12.9. The van der Waals surface area contributed by atoms with Gasteiger partial charge in [0.15, 0.2) is 17.3 Å². The summed E-state index contributed by atoms with van der Waals surface area (Å²) in [6, 6.07) is 11.5. The number of carbonyl (C=O) groups excluding carboxylic acids is 1. The van der Waals surface area contributed by atoms with Crippen molar-refractivity contribution in [2.75, 3.05) is 12.5 Å². The molecule has 0 amide bonds. The normalized spacial score (nSPS) is 12.3. The number of ketones is 1. The third-order valence-corrected chi connectivity index (χ3v) is 6.11. The average molecular weight is 449 g/mol. The van der Waals surface area contributed by atoms with Crippen LogP contribution in [0.1, 0.15) is 27.3 Å². The lowest BCUT2D eigenvalue weighted by molar-refractivity contribution is 0.102. The molecule has 162 valence electrons. The van der Waals surface area contributed by atoms with Gasteiger partial charge in [-0.25, -0.2) is 0 Å². The summed E-state index contributed by atoms with van der Waals surface area (Å²) in [7, 11) is 0. The Morgan fingerprint density at radius 2 is 2.00 bits per heavy atom. The van der Waals surface area contributed by atoms with Gasteiger partial charge in [0.05, 0.1) is 11.3 Å². The molecule has 4 heterocycles. The van der Waals surface area contributed by atoms with Gasteiger partial charge in [-0.15, -0.1) is 10.2 Å². The maximum absolute atomic E-state index is 12.9. The first kappa shape index (κ1) is 20.3. The Morgan fingerprint density at radius 1 is 1.12 bits per heavy atom. The summed E-state index contributed by atoms with van der Waals surface area (Å²) in [6.45, 7) is 4.86. The molecule has 5 rings (SSSR count). The average Bonchev–Trinajstić information content (AvgIpc) is 3.54. The molecule has 9 heteroatoms. The summed E-state index contributed by atoms with van der Waals surface area (Å²) in [5.41, 5.74) is 4.46. The second kappa shape index (κ2) is 8.51. The molecule has 0 spiro atoms. The van der Waals surface area contributed by atoms with Crippen LogP contribution in [0.3, 0.4) is 0 Å². The number of carbonyl (C=O) groups is 1. The van der Waals surface area contributed by atoms with Crippen molar-refractivity contribution in [3.8, 4) is 23.0 Å². The van der Waals surface area contributed by atoms with E-state index in [1.165, 1.54) is 11.8 Å². The summed E-state index contributed by atoms with van der Waals surface area (Å²) in [5, 5.41) is 8.41. The third-order valence-electron chi connectivity index (χ3n) is 5.29. The highest BCUT2D eigenvalue weighted by molar-refractivity contribution is 7.99. The van der Waals surface area contributed by atoms with Crippen LogP contribution >= 0.6 is 11.8 Å². The topological polar surface area (TPSA) is 92.3 Å². The highest BCUT2D eigenvalue weighted by Crippen LogP contribution is 2.33. The Hall–Kier alpha value is -3.59. The van der Waals surface area contributed by atoms with Crippen molar-refractivity contribution >= 4 is 17.5 Å². The zero-order chi connectivity index (χ0) is 22.1. The van der Waals surface area contributed by atoms with Crippen molar-refractivity contribution in [1.82, 2.24) is 19.7 Å². The van der Waals surface area contributed by atoms with E-state index in [4.69, 9.17) is 13.9 Å². The summed E-state index contributed by atoms with van der Waals surface area (Å²) in [6.07, 6.45) is 3.33. The van der Waals surface area contributed by atoms with Crippen LogP contribution < -0.4 is 9.47 Å². The van der Waals surface area contributed by atoms with Crippen molar-refractivity contribution in [3.63, 3.8) is 0 Å². The minimum atomic E-state index is 0.0150. The first-order valence-electron chi connectivity index (χ1n) is 10.0. The molecule has 3 aromatic heterocycles. The second-order valence-corrected chi connectivity index (χ2v) is 8.31. The summed E-state index contributed by atoms with van der Waals surface area (Å²) < 4.78 is 18.6. The molecule has 0 aliphatic carbocycles. The van der Waals surface area contributed by atoms with E-state index < -0.39 is 0 Å². The minimum absolute atomic E-state index is 0.0150. The van der Waals surface area contributed by atoms with E-state index in [0.717, 1.165) is 34.0 Å². The number of aromatic nitrogens is 4. The number of hydrogen-bond acceptors (Lipinski definition) is 8. The Balaban J connectivity index is 1.27. The molecule has 0 unspecified atom stereocenters. The second-order valence-electron chi connectivity index (χ2n) is 7.39. The van der Waals surface area contributed by atoms with Crippen LogP contribution in [-0.4, -0.2) is 38.1 Å². The van der Waals surface area contributed by atoms with Crippen LogP contribution in [0.5, 0.6) is 11.5 Å². The Kier molecular flexibility index (Phi) is 5.40. The van der Waals surface area contributed by atoms with E-state index in [2.05, 4.69) is 19.7 Å². The Morgan fingerprint density at radius 3 is 2.84 bits per heavy atom. The van der Waals surface area contributed by atoms with Crippen molar-refractivity contribution in [3.05, 3.63) is 71.3 Å². The fourth-order valence-corrected chi connectivity index (χ4v) is 4.27. The largest absolute Gasteiger partial charge is 0.454 e. The fourth-order valence-electron chi connectivity index (χ4n) is 3.63. The van der Waals surface area contributed by atoms with Crippen LogP contribution in [0.2, 0.25) is 0 Å². The van der Waals surface area contributed by atoms with Gasteiger partial charge in [-0.05, 0) is 49.7 Å². The predicted octanol–water partition coefficient (Wildman–Crippen LogP) is 4.30. The molecule has 1 aliphatic heterocycles. The lowest BCUT2D eigenvalue weighted by atomic mass is 10.1. The highest BCUT2D eigenvalue weighted by Gasteiger charge is 2.19. The molecule has 0 fully saturated rings. The number of nitrogens with zero attached hydrogens (tertiary/aromatic N) is 4. The number of thioether (sulfide) groups is 1. The van der Waals surface area contributed by atoms with Crippen LogP contribution in [0.25, 0.3) is 11.5 Å². The Bertz CT molecular complexity index is 1280. The zero-order valence-electron chi connectivity index (χ0n) is 17.6. The van der Waals surface area contributed by atoms with Gasteiger partial charge in [0.25, 0.3) is 5.22 Å². The van der Waals surface area contributed by atoms with Crippen LogP contribution in [-0.2, 0) is 6.54 Å². The summed E-state index contributed by atoms with van der Waals surface area (Å²) in [5.74, 6) is 2.12. The number of Topliss-reactive ketones (excluding diaryl/α,β-unsaturated/α-hetero) is 1. The standard InChI is InChI=1S/C23H20N4O4S/c1-14-8-18(15(2)27(14)11-16-5-6-20-21(9-16)30-13-29-20)19(28)12-32-23-26-25-22(31-23)17-4-3-7-24-10-17/h3-10H,11-13H2,1-2H3. The molecule has 0 radical (unpaired) electrons. The van der Waals surface area contributed by atoms with Crippen molar-refractivity contribution in [1.29, 1.82) is 0 Å². The third kappa shape index (κ3) is 3.99. The Labute approximate surface area is 188 Å². The fraction of sp³-hybridized carbons (Fsp3) is 0.217. The molecule has 1 aromatic carbocycles. The summed E-state index contributed by atoms with van der Waals surface area (Å²) in [4.78, 5) is 17.0. The van der Waals surface area contributed by atoms with E-state index in [9.17, 15) is 4.79 Å². The zero-order valence-corrected chi connectivity index (χ0v) is 18.4. The monoisotopic (exact) mass is 448 g/mol. The smallest absolute Gasteiger partial charge is 0.277 e. The van der Waals surface area contributed by atoms with E-state index in [1.807, 2.05) is 44.2 Å². The molecule has 0 bridgehead atoms. The number of pyridine rings is 1. The quantitative estimate of drug-likeness (QED) is 0.305. The van der Waals surface area contributed by atoms with Gasteiger partial charge in [0.2, 0.25) is 12.7 Å². The van der Waals surface area contributed by atoms with E-state index in [1.54, 1.807) is 18.5 Å². The van der Waals surface area contributed by atoms with Gasteiger partial charge >= 0.3 is 0 Å².